The fourth-order valence-corrected chi connectivity index (χ4v) is 1.44. The molecule has 176 valence electrons. The number of hydrogen-bond donors (Lipinski definition) is 2. The molecule has 2 rings (SSSR count). The van der Waals surface area contributed by atoms with Crippen molar-refractivity contribution in [2.24, 2.45) is 0 Å². The number of alkyl halides is 6. The van der Waals surface area contributed by atoms with E-state index in [1.807, 2.05) is 0 Å². The van der Waals surface area contributed by atoms with E-state index in [-0.39, 0.29) is 26.2 Å². The molecule has 10 radical (unpaired) electrons. The van der Waals surface area contributed by atoms with Crippen LogP contribution in [-0.2, 0) is 46.4 Å². The molecule has 15 heteroatoms. The van der Waals surface area contributed by atoms with Crippen molar-refractivity contribution >= 4 is 20.2 Å². The predicted molar refractivity (Wildman–Crippen MR) is 96.7 cm³/mol. The molecule has 2 fully saturated rings. The second kappa shape index (κ2) is 14.5. The molecular formula is C16H20F6O6S2Zr+2. The summed E-state index contributed by atoms with van der Waals surface area (Å²) in [5.41, 5.74) is -11.1. The molecule has 0 saturated heterocycles. The van der Waals surface area contributed by atoms with Gasteiger partial charge in [-0.15, -0.1) is 0 Å². The Bertz CT molecular complexity index is 618. The molecule has 0 heterocycles. The third-order valence-electron chi connectivity index (χ3n) is 2.71. The van der Waals surface area contributed by atoms with E-state index in [4.69, 9.17) is 25.9 Å². The van der Waals surface area contributed by atoms with E-state index in [0.29, 0.717) is 0 Å². The first-order valence-electron chi connectivity index (χ1n) is 7.55. The zero-order valence-electron chi connectivity index (χ0n) is 16.6. The van der Waals surface area contributed by atoms with Crippen molar-refractivity contribution in [1.29, 1.82) is 0 Å². The molecule has 2 N–H and O–H groups in total. The van der Waals surface area contributed by atoms with Crippen LogP contribution in [0.3, 0.4) is 0 Å². The molecule has 0 aliphatic heterocycles. The summed E-state index contributed by atoms with van der Waals surface area (Å²) in [5.74, 6) is 5.44. The van der Waals surface area contributed by atoms with Crippen LogP contribution in [0.15, 0.2) is 0 Å². The zero-order valence-corrected chi connectivity index (χ0v) is 20.7. The number of halogens is 6. The van der Waals surface area contributed by atoms with Gasteiger partial charge in [0.1, 0.15) is 0 Å². The molecular weight excluding hydrogens is 558 g/mol. The van der Waals surface area contributed by atoms with Crippen molar-refractivity contribution in [2.75, 3.05) is 0 Å². The standard InChI is InChI=1S/2C7H9.2CHF3O3S.Zr/c2*1-6-3-4-7(2)5-6;2*2-1(3,4)8(5,6)7;/h2*3-5H,1-2H3;2*(H,5,6,7);/q;;;;+2. The van der Waals surface area contributed by atoms with Gasteiger partial charge in [-0.3, -0.25) is 9.11 Å². The summed E-state index contributed by atoms with van der Waals surface area (Å²) in [4.78, 5) is 0. The Hall–Kier alpha value is 0.283. The summed E-state index contributed by atoms with van der Waals surface area (Å²) >= 11 is 0. The molecule has 0 unspecified atom stereocenters. The fourth-order valence-electron chi connectivity index (χ4n) is 1.44. The third-order valence-corrected chi connectivity index (χ3v) is 3.88. The quantitative estimate of drug-likeness (QED) is 0.251. The largest absolute Gasteiger partial charge is 2.00 e. The van der Waals surface area contributed by atoms with E-state index in [1.165, 1.54) is 23.7 Å². The average molecular weight is 578 g/mol. The molecule has 31 heavy (non-hydrogen) atoms. The maximum Gasteiger partial charge on any atom is 2.00 e. The number of hydrogen-bond acceptors (Lipinski definition) is 4. The predicted octanol–water partition coefficient (Wildman–Crippen LogP) is 4.39. The van der Waals surface area contributed by atoms with E-state index in [0.717, 1.165) is 0 Å². The monoisotopic (exact) mass is 576 g/mol. The van der Waals surface area contributed by atoms with Crippen molar-refractivity contribution in [3.05, 3.63) is 62.2 Å². The van der Waals surface area contributed by atoms with E-state index in [1.54, 1.807) is 0 Å². The normalized spacial score (nSPS) is 19.2. The Kier molecular flexibility index (Phi) is 16.8. The number of rotatable bonds is 0. The summed E-state index contributed by atoms with van der Waals surface area (Å²) in [6, 6.07) is 0. The second-order valence-corrected chi connectivity index (χ2v) is 8.60. The Balaban J connectivity index is -0.000000334. The molecule has 2 aliphatic carbocycles. The fraction of sp³-hybridized carbons (Fsp3) is 0.375. The van der Waals surface area contributed by atoms with Crippen LogP contribution in [0, 0.1) is 62.2 Å². The van der Waals surface area contributed by atoms with E-state index in [2.05, 4.69) is 66.2 Å². The minimum Gasteiger partial charge on any atom is -0.279 e. The zero-order chi connectivity index (χ0) is 24.6. The van der Waals surface area contributed by atoms with Crippen LogP contribution in [0.25, 0.3) is 0 Å². The first kappa shape index (κ1) is 35.9. The smallest absolute Gasteiger partial charge is 0.279 e. The summed E-state index contributed by atoms with van der Waals surface area (Å²) < 4.78 is 115. The molecule has 0 aromatic rings. The van der Waals surface area contributed by atoms with Crippen molar-refractivity contribution in [1.82, 2.24) is 0 Å². The summed E-state index contributed by atoms with van der Waals surface area (Å²) in [7, 11) is -11.7. The van der Waals surface area contributed by atoms with Crippen LogP contribution in [0.5, 0.6) is 0 Å². The minimum absolute atomic E-state index is 0. The topological polar surface area (TPSA) is 109 Å². The van der Waals surface area contributed by atoms with Crippen molar-refractivity contribution in [3.63, 3.8) is 0 Å². The molecule has 0 aromatic carbocycles. The average Bonchev–Trinajstić information content (AvgIpc) is 3.04. The minimum atomic E-state index is -5.84. The van der Waals surface area contributed by atoms with Crippen molar-refractivity contribution < 1.29 is 78.5 Å². The Labute approximate surface area is 199 Å². The first-order valence-corrected chi connectivity index (χ1v) is 10.4. The molecule has 2 aliphatic rings. The van der Waals surface area contributed by atoms with Gasteiger partial charge in [-0.05, 0) is 62.2 Å². The van der Waals surface area contributed by atoms with E-state index in [9.17, 15) is 26.3 Å². The van der Waals surface area contributed by atoms with Crippen LogP contribution in [0.1, 0.15) is 27.7 Å². The van der Waals surface area contributed by atoms with Gasteiger partial charge in [0, 0.05) is 0 Å². The van der Waals surface area contributed by atoms with Gasteiger partial charge in [0.25, 0.3) is 0 Å². The maximum absolute atomic E-state index is 10.7. The maximum atomic E-state index is 10.7. The van der Waals surface area contributed by atoms with E-state index >= 15 is 0 Å². The van der Waals surface area contributed by atoms with Crippen molar-refractivity contribution in [2.45, 2.75) is 38.7 Å². The SMILES string of the molecule is C[C]1[CH][CH][C](C)[CH]1.C[C]1[CH][CH][C](C)[CH]1.O=S(=O)(O)C(F)(F)F.O=S(=O)(O)C(F)(F)F.[Zr+2]. The molecule has 0 bridgehead atoms. The first-order chi connectivity index (χ1) is 13.1. The van der Waals surface area contributed by atoms with Crippen LogP contribution < -0.4 is 0 Å². The second-order valence-electron chi connectivity index (χ2n) is 5.77. The van der Waals surface area contributed by atoms with Crippen LogP contribution in [-0.4, -0.2) is 37.0 Å². The summed E-state index contributed by atoms with van der Waals surface area (Å²) in [6.07, 6.45) is 12.8. The molecule has 0 aromatic heterocycles. The molecule has 6 nitrogen and oxygen atoms in total. The molecule has 2 saturated carbocycles. The van der Waals surface area contributed by atoms with Gasteiger partial charge >= 0.3 is 57.5 Å². The van der Waals surface area contributed by atoms with Crippen LogP contribution >= 0.6 is 0 Å². The van der Waals surface area contributed by atoms with Gasteiger partial charge in [-0.25, -0.2) is 0 Å². The Morgan fingerprint density at radius 2 is 0.710 bits per heavy atom. The molecule has 0 atom stereocenters. The molecule has 0 amide bonds. The third kappa shape index (κ3) is 18.4. The van der Waals surface area contributed by atoms with Gasteiger partial charge in [0.05, 0.1) is 0 Å². The Morgan fingerprint density at radius 3 is 0.742 bits per heavy atom. The summed E-state index contributed by atoms with van der Waals surface area (Å²) in [6.45, 7) is 8.42. The van der Waals surface area contributed by atoms with Crippen LogP contribution in [0.4, 0.5) is 26.3 Å². The van der Waals surface area contributed by atoms with Gasteiger partial charge < -0.3 is 0 Å². The van der Waals surface area contributed by atoms with Gasteiger partial charge in [-0.1, -0.05) is 27.7 Å². The summed E-state index contributed by atoms with van der Waals surface area (Å²) in [5, 5.41) is 0. The van der Waals surface area contributed by atoms with Gasteiger partial charge in [0.2, 0.25) is 0 Å². The molecule has 0 spiro atoms. The van der Waals surface area contributed by atoms with Gasteiger partial charge in [0.15, 0.2) is 0 Å². The Morgan fingerprint density at radius 1 is 0.581 bits per heavy atom. The van der Waals surface area contributed by atoms with Crippen LogP contribution in [0.2, 0.25) is 0 Å². The van der Waals surface area contributed by atoms with Crippen molar-refractivity contribution in [3.8, 4) is 0 Å². The van der Waals surface area contributed by atoms with E-state index < -0.39 is 31.3 Å². The van der Waals surface area contributed by atoms with Gasteiger partial charge in [-0.2, -0.15) is 43.2 Å².